The van der Waals surface area contributed by atoms with Gasteiger partial charge in [-0.1, -0.05) is 17.7 Å². The minimum atomic E-state index is -3.34. The molecule has 4 heterocycles. The fourth-order valence-electron chi connectivity index (χ4n) is 3.08. The molecule has 0 saturated carbocycles. The van der Waals surface area contributed by atoms with Gasteiger partial charge >= 0.3 is 5.92 Å². The van der Waals surface area contributed by atoms with Crippen LogP contribution in [0.2, 0.25) is 5.15 Å². The van der Waals surface area contributed by atoms with Crippen molar-refractivity contribution in [3.63, 3.8) is 0 Å². The molecule has 0 aliphatic rings. The fraction of sp³-hybridized carbons (Fsp3) is 0.190. The van der Waals surface area contributed by atoms with Crippen LogP contribution in [0.15, 0.2) is 59.9 Å². The molecule has 0 aromatic carbocycles. The Labute approximate surface area is 190 Å². The van der Waals surface area contributed by atoms with Crippen LogP contribution in [0.1, 0.15) is 11.4 Å². The van der Waals surface area contributed by atoms with Gasteiger partial charge in [0.1, 0.15) is 17.4 Å². The number of amides is 1. The second-order valence-corrected chi connectivity index (χ2v) is 7.50. The van der Waals surface area contributed by atoms with Crippen molar-refractivity contribution in [3.8, 4) is 0 Å². The van der Waals surface area contributed by atoms with Crippen molar-refractivity contribution in [2.75, 3.05) is 11.9 Å². The summed E-state index contributed by atoms with van der Waals surface area (Å²) in [5.74, 6) is -4.21. The van der Waals surface area contributed by atoms with Gasteiger partial charge in [-0.3, -0.25) is 24.1 Å². The lowest BCUT2D eigenvalue weighted by Crippen LogP contribution is -2.35. The highest BCUT2D eigenvalue weighted by molar-refractivity contribution is 6.29. The van der Waals surface area contributed by atoms with Crippen molar-refractivity contribution in [3.05, 3.63) is 82.0 Å². The highest BCUT2D eigenvalue weighted by atomic mass is 35.5. The van der Waals surface area contributed by atoms with Gasteiger partial charge in [0.15, 0.2) is 5.82 Å². The first-order valence-electron chi connectivity index (χ1n) is 9.81. The van der Waals surface area contributed by atoms with Crippen LogP contribution < -0.4 is 16.2 Å². The van der Waals surface area contributed by atoms with E-state index in [2.05, 4.69) is 30.6 Å². The number of nitrogens with one attached hydrogen (secondary N) is 3. The number of alkyl halides is 2. The SMILES string of the molecule is O=C(Cn1c(Cl)cnc(NCC(F)(F)c2ccccn2)c1=O)NCc1cc2cc[nH]c2cn1. The summed E-state index contributed by atoms with van der Waals surface area (Å²) < 4.78 is 29.6. The van der Waals surface area contributed by atoms with Crippen LogP contribution >= 0.6 is 11.6 Å². The lowest BCUT2D eigenvalue weighted by Gasteiger charge is -2.17. The van der Waals surface area contributed by atoms with Crippen LogP contribution in [-0.2, 0) is 23.8 Å². The molecule has 12 heteroatoms. The Morgan fingerprint density at radius 2 is 2.03 bits per heavy atom. The summed E-state index contributed by atoms with van der Waals surface area (Å²) in [4.78, 5) is 39.7. The van der Waals surface area contributed by atoms with Gasteiger partial charge in [-0.05, 0) is 24.3 Å². The number of fused-ring (bicyclic) bond motifs is 1. The number of aromatic nitrogens is 5. The molecule has 0 fully saturated rings. The van der Waals surface area contributed by atoms with E-state index in [0.29, 0.717) is 5.69 Å². The van der Waals surface area contributed by atoms with E-state index in [0.717, 1.165) is 21.7 Å². The molecule has 0 saturated heterocycles. The third-order valence-electron chi connectivity index (χ3n) is 4.79. The maximum atomic E-state index is 14.3. The summed E-state index contributed by atoms with van der Waals surface area (Å²) in [5.41, 5.74) is 0.246. The molecule has 4 aromatic heterocycles. The van der Waals surface area contributed by atoms with E-state index in [1.165, 1.54) is 24.4 Å². The Balaban J connectivity index is 1.41. The number of anilines is 1. The topological polar surface area (TPSA) is 118 Å². The second kappa shape index (κ2) is 9.33. The maximum Gasteiger partial charge on any atom is 0.306 e. The van der Waals surface area contributed by atoms with Crippen molar-refractivity contribution < 1.29 is 13.6 Å². The van der Waals surface area contributed by atoms with Crippen molar-refractivity contribution in [2.45, 2.75) is 19.0 Å². The number of pyridine rings is 2. The lowest BCUT2D eigenvalue weighted by atomic mass is 10.2. The third-order valence-corrected chi connectivity index (χ3v) is 5.09. The van der Waals surface area contributed by atoms with Gasteiger partial charge in [0.2, 0.25) is 5.91 Å². The number of halogens is 3. The standard InChI is InChI=1S/C21H18ClF2N7O2/c22-17-10-29-19(30-12-21(23,24)16-3-1-2-5-26-16)20(33)31(17)11-18(32)28-8-14-7-13-4-6-25-15(13)9-27-14/h1-7,9-10,25H,8,11-12H2,(H,28,32)(H,29,30). The minimum absolute atomic E-state index is 0.107. The normalized spacial score (nSPS) is 11.5. The van der Waals surface area contributed by atoms with Gasteiger partial charge in [-0.25, -0.2) is 4.98 Å². The fourth-order valence-corrected chi connectivity index (χ4v) is 3.27. The maximum absolute atomic E-state index is 14.3. The highest BCUT2D eigenvalue weighted by Gasteiger charge is 2.33. The molecule has 0 aliphatic carbocycles. The summed E-state index contributed by atoms with van der Waals surface area (Å²) >= 11 is 6.02. The van der Waals surface area contributed by atoms with Crippen LogP contribution in [0, 0.1) is 0 Å². The highest BCUT2D eigenvalue weighted by Crippen LogP contribution is 2.25. The number of carbonyl (C=O) groups excluding carboxylic acids is 1. The number of aromatic amines is 1. The molecule has 9 nitrogen and oxygen atoms in total. The Bertz CT molecular complexity index is 1340. The Morgan fingerprint density at radius 1 is 1.18 bits per heavy atom. The molecule has 4 aromatic rings. The molecule has 1 amide bonds. The second-order valence-electron chi connectivity index (χ2n) is 7.11. The Kier molecular flexibility index (Phi) is 6.31. The van der Waals surface area contributed by atoms with Crippen LogP contribution in [0.5, 0.6) is 0 Å². The van der Waals surface area contributed by atoms with E-state index in [1.54, 1.807) is 12.4 Å². The average Bonchev–Trinajstić information content (AvgIpc) is 3.28. The first-order valence-corrected chi connectivity index (χ1v) is 10.2. The summed E-state index contributed by atoms with van der Waals surface area (Å²) in [6, 6.07) is 7.84. The van der Waals surface area contributed by atoms with Crippen LogP contribution in [0.25, 0.3) is 10.9 Å². The van der Waals surface area contributed by atoms with E-state index >= 15 is 0 Å². The Morgan fingerprint density at radius 3 is 2.82 bits per heavy atom. The van der Waals surface area contributed by atoms with Gasteiger partial charge in [0.05, 0.1) is 36.7 Å². The molecule has 170 valence electrons. The van der Waals surface area contributed by atoms with E-state index in [4.69, 9.17) is 11.6 Å². The lowest BCUT2D eigenvalue weighted by molar-refractivity contribution is -0.121. The van der Waals surface area contributed by atoms with Gasteiger partial charge < -0.3 is 15.6 Å². The van der Waals surface area contributed by atoms with Crippen molar-refractivity contribution in [2.24, 2.45) is 0 Å². The zero-order chi connectivity index (χ0) is 23.4. The molecule has 0 unspecified atom stereocenters. The van der Waals surface area contributed by atoms with Crippen molar-refractivity contribution in [1.82, 2.24) is 29.8 Å². The van der Waals surface area contributed by atoms with Crippen LogP contribution in [0.4, 0.5) is 14.6 Å². The van der Waals surface area contributed by atoms with Gasteiger partial charge in [0, 0.05) is 17.8 Å². The number of carbonyl (C=O) groups is 1. The monoisotopic (exact) mass is 473 g/mol. The first kappa shape index (κ1) is 22.3. The molecule has 0 atom stereocenters. The van der Waals surface area contributed by atoms with Crippen molar-refractivity contribution >= 4 is 34.2 Å². The predicted octanol–water partition coefficient (Wildman–Crippen LogP) is 2.69. The van der Waals surface area contributed by atoms with Crippen LogP contribution in [0.3, 0.4) is 0 Å². The zero-order valence-corrected chi connectivity index (χ0v) is 17.8. The van der Waals surface area contributed by atoms with Gasteiger partial charge in [-0.2, -0.15) is 8.78 Å². The van der Waals surface area contributed by atoms with E-state index in [-0.39, 0.29) is 17.5 Å². The minimum Gasteiger partial charge on any atom is -0.360 e. The number of rotatable bonds is 8. The van der Waals surface area contributed by atoms with E-state index in [1.807, 2.05) is 12.1 Å². The molecule has 0 radical (unpaired) electrons. The molecular weight excluding hydrogens is 456 g/mol. The van der Waals surface area contributed by atoms with Gasteiger partial charge in [0.25, 0.3) is 5.56 Å². The molecular formula is C21H18ClF2N7O2. The molecule has 3 N–H and O–H groups in total. The van der Waals surface area contributed by atoms with E-state index in [9.17, 15) is 18.4 Å². The Hall–Kier alpha value is -3.86. The molecule has 0 aliphatic heterocycles. The summed E-state index contributed by atoms with van der Waals surface area (Å²) in [7, 11) is 0. The number of hydrogen-bond acceptors (Lipinski definition) is 6. The number of hydrogen-bond donors (Lipinski definition) is 3. The average molecular weight is 474 g/mol. The third kappa shape index (κ3) is 5.14. The zero-order valence-electron chi connectivity index (χ0n) is 17.1. The van der Waals surface area contributed by atoms with Crippen molar-refractivity contribution in [1.29, 1.82) is 0 Å². The number of H-pyrrole nitrogens is 1. The first-order chi connectivity index (χ1) is 15.8. The summed E-state index contributed by atoms with van der Waals surface area (Å²) in [5, 5.41) is 5.82. The predicted molar refractivity (Wildman–Crippen MR) is 118 cm³/mol. The number of nitrogens with zero attached hydrogens (tertiary/aromatic N) is 4. The molecule has 33 heavy (non-hydrogen) atoms. The van der Waals surface area contributed by atoms with Gasteiger partial charge in [-0.15, -0.1) is 0 Å². The van der Waals surface area contributed by atoms with E-state index < -0.39 is 36.2 Å². The van der Waals surface area contributed by atoms with Crippen LogP contribution in [-0.4, -0.2) is 37.0 Å². The molecule has 0 spiro atoms. The largest absolute Gasteiger partial charge is 0.360 e. The molecule has 0 bridgehead atoms. The smallest absolute Gasteiger partial charge is 0.306 e. The summed E-state index contributed by atoms with van der Waals surface area (Å²) in [6.45, 7) is -1.19. The quantitative estimate of drug-likeness (QED) is 0.362. The summed E-state index contributed by atoms with van der Waals surface area (Å²) in [6.07, 6.45) is 5.80. The molecule has 4 rings (SSSR count).